The van der Waals surface area contributed by atoms with Gasteiger partial charge in [-0.15, -0.1) is 12.3 Å². The maximum atomic E-state index is 11.3. The summed E-state index contributed by atoms with van der Waals surface area (Å²) in [4.78, 5) is 11.3. The second-order valence-electron chi connectivity index (χ2n) is 4.61. The Balaban J connectivity index is 2.30. The lowest BCUT2D eigenvalue weighted by Crippen LogP contribution is -2.27. The summed E-state index contributed by atoms with van der Waals surface area (Å²) in [5.74, 6) is 1.56. The van der Waals surface area contributed by atoms with E-state index < -0.39 is 5.97 Å². The summed E-state index contributed by atoms with van der Waals surface area (Å²) in [6.45, 7) is 2.47. The number of hydrogen-bond donors (Lipinski definition) is 2. The Morgan fingerprint density at radius 2 is 2.25 bits per heavy atom. The third-order valence-electron chi connectivity index (χ3n) is 3.32. The summed E-state index contributed by atoms with van der Waals surface area (Å²) in [5, 5.41) is 13.4. The van der Waals surface area contributed by atoms with Crippen LogP contribution in [0.2, 0.25) is 0 Å². The van der Waals surface area contributed by atoms with Gasteiger partial charge in [0.05, 0.1) is 0 Å². The highest BCUT2D eigenvalue weighted by atomic mass is 16.4. The average Bonchev–Trinajstić information content (AvgIpc) is 2.82. The van der Waals surface area contributed by atoms with Crippen molar-refractivity contribution in [1.29, 1.82) is 0 Å². The first kappa shape index (κ1) is 14.2. The van der Waals surface area contributed by atoms with Crippen LogP contribution in [0.4, 0.5) is 0 Å². The Hall–Kier alpha value is -2.25. The second kappa shape index (κ2) is 6.27. The highest BCUT2D eigenvalue weighted by Crippen LogP contribution is 2.26. The molecule has 4 heteroatoms. The molecule has 1 atom stereocenters. The molecule has 1 aromatic heterocycles. The van der Waals surface area contributed by atoms with Crippen LogP contribution in [0.25, 0.3) is 11.0 Å². The fourth-order valence-electron chi connectivity index (χ4n) is 2.20. The smallest absolute Gasteiger partial charge is 0.372 e. The van der Waals surface area contributed by atoms with Crippen LogP contribution >= 0.6 is 0 Å². The predicted octanol–water partition coefficient (Wildman–Crippen LogP) is 3.02. The second-order valence-corrected chi connectivity index (χ2v) is 4.61. The summed E-state index contributed by atoms with van der Waals surface area (Å²) < 4.78 is 5.41. The molecule has 2 N–H and O–H groups in total. The van der Waals surface area contributed by atoms with Gasteiger partial charge in [0.25, 0.3) is 0 Å². The maximum absolute atomic E-state index is 11.3. The van der Waals surface area contributed by atoms with Crippen LogP contribution < -0.4 is 5.32 Å². The molecule has 0 aliphatic heterocycles. The summed E-state index contributed by atoms with van der Waals surface area (Å²) in [6.07, 6.45) is 6.83. The Labute approximate surface area is 117 Å². The molecule has 20 heavy (non-hydrogen) atoms. The number of carboxylic acid groups (broad SMARTS) is 1. The largest absolute Gasteiger partial charge is 0.475 e. The highest BCUT2D eigenvalue weighted by Gasteiger charge is 2.20. The van der Waals surface area contributed by atoms with E-state index in [1.165, 1.54) is 0 Å². The van der Waals surface area contributed by atoms with Crippen LogP contribution in [-0.4, -0.2) is 17.1 Å². The van der Waals surface area contributed by atoms with Crippen molar-refractivity contribution < 1.29 is 14.3 Å². The molecule has 0 saturated heterocycles. The molecule has 0 bridgehead atoms. The SMILES string of the molecule is C#CCC(CC)NCc1c(C(=O)O)oc2ccccc12. The zero-order valence-corrected chi connectivity index (χ0v) is 11.3. The summed E-state index contributed by atoms with van der Waals surface area (Å²) in [5.41, 5.74) is 1.26. The minimum atomic E-state index is -1.05. The van der Waals surface area contributed by atoms with Gasteiger partial charge in [0, 0.05) is 30.0 Å². The van der Waals surface area contributed by atoms with Gasteiger partial charge >= 0.3 is 5.97 Å². The molecule has 4 nitrogen and oxygen atoms in total. The molecule has 1 aromatic carbocycles. The number of furan rings is 1. The van der Waals surface area contributed by atoms with Gasteiger partial charge in [-0.3, -0.25) is 0 Å². The van der Waals surface area contributed by atoms with Crippen molar-refractivity contribution in [2.45, 2.75) is 32.4 Å². The lowest BCUT2D eigenvalue weighted by atomic mass is 10.1. The minimum Gasteiger partial charge on any atom is -0.475 e. The first-order valence-corrected chi connectivity index (χ1v) is 6.57. The number of nitrogens with one attached hydrogen (secondary N) is 1. The number of hydrogen-bond acceptors (Lipinski definition) is 3. The lowest BCUT2D eigenvalue weighted by molar-refractivity contribution is 0.0663. The van der Waals surface area contributed by atoms with Crippen molar-refractivity contribution in [2.75, 3.05) is 0 Å². The van der Waals surface area contributed by atoms with E-state index in [1.54, 1.807) is 6.07 Å². The van der Waals surface area contributed by atoms with Gasteiger partial charge in [-0.2, -0.15) is 0 Å². The fourth-order valence-corrected chi connectivity index (χ4v) is 2.20. The molecule has 1 heterocycles. The molecule has 0 spiro atoms. The van der Waals surface area contributed by atoms with Crippen molar-refractivity contribution in [3.05, 3.63) is 35.6 Å². The van der Waals surface area contributed by atoms with Crippen LogP contribution in [0.3, 0.4) is 0 Å². The normalized spacial score (nSPS) is 12.2. The van der Waals surface area contributed by atoms with Gasteiger partial charge in [-0.25, -0.2) is 4.79 Å². The quantitative estimate of drug-likeness (QED) is 0.793. The van der Waals surface area contributed by atoms with Gasteiger partial charge in [0.2, 0.25) is 5.76 Å². The van der Waals surface area contributed by atoms with Crippen molar-refractivity contribution in [3.8, 4) is 12.3 Å². The Kier molecular flexibility index (Phi) is 4.44. The number of fused-ring (bicyclic) bond motifs is 1. The van der Waals surface area contributed by atoms with E-state index in [0.717, 1.165) is 11.8 Å². The lowest BCUT2D eigenvalue weighted by Gasteiger charge is -2.13. The zero-order chi connectivity index (χ0) is 14.5. The Morgan fingerprint density at radius 1 is 1.50 bits per heavy atom. The van der Waals surface area contributed by atoms with Gasteiger partial charge in [-0.1, -0.05) is 25.1 Å². The van der Waals surface area contributed by atoms with E-state index in [1.807, 2.05) is 25.1 Å². The van der Waals surface area contributed by atoms with Crippen molar-refractivity contribution in [1.82, 2.24) is 5.32 Å². The number of carboxylic acids is 1. The first-order valence-electron chi connectivity index (χ1n) is 6.57. The topological polar surface area (TPSA) is 62.5 Å². The first-order chi connectivity index (χ1) is 9.67. The number of carbonyl (C=O) groups is 1. The standard InChI is InChI=1S/C16H17NO3/c1-3-7-11(4-2)17-10-13-12-8-5-6-9-14(12)20-15(13)16(18)19/h1,5-6,8-9,11,17H,4,7,10H2,2H3,(H,18,19). The van der Waals surface area contributed by atoms with E-state index in [-0.39, 0.29) is 11.8 Å². The van der Waals surface area contributed by atoms with E-state index in [4.69, 9.17) is 10.8 Å². The summed E-state index contributed by atoms with van der Waals surface area (Å²) in [7, 11) is 0. The average molecular weight is 271 g/mol. The number of terminal acetylenes is 1. The zero-order valence-electron chi connectivity index (χ0n) is 11.3. The Bertz CT molecular complexity index is 651. The molecule has 104 valence electrons. The van der Waals surface area contributed by atoms with Gasteiger partial charge in [-0.05, 0) is 12.5 Å². The molecule has 0 fully saturated rings. The van der Waals surface area contributed by atoms with Crippen LogP contribution in [0.1, 0.15) is 35.9 Å². The van der Waals surface area contributed by atoms with E-state index >= 15 is 0 Å². The van der Waals surface area contributed by atoms with Crippen LogP contribution in [0.5, 0.6) is 0 Å². The van der Waals surface area contributed by atoms with Crippen LogP contribution in [0.15, 0.2) is 28.7 Å². The van der Waals surface area contributed by atoms with E-state index in [9.17, 15) is 9.90 Å². The minimum absolute atomic E-state index is 0.00531. The molecule has 2 aromatic rings. The number of para-hydroxylation sites is 1. The number of aromatic carboxylic acids is 1. The third-order valence-corrected chi connectivity index (χ3v) is 3.32. The predicted molar refractivity (Wildman–Crippen MR) is 77.5 cm³/mol. The monoisotopic (exact) mass is 271 g/mol. The van der Waals surface area contributed by atoms with Crippen molar-refractivity contribution >= 4 is 16.9 Å². The molecule has 0 aliphatic carbocycles. The molecule has 0 saturated carbocycles. The van der Waals surface area contributed by atoms with Crippen molar-refractivity contribution in [3.63, 3.8) is 0 Å². The molecule has 0 radical (unpaired) electrons. The molecular weight excluding hydrogens is 254 g/mol. The van der Waals surface area contributed by atoms with Crippen molar-refractivity contribution in [2.24, 2.45) is 0 Å². The highest BCUT2D eigenvalue weighted by molar-refractivity contribution is 5.95. The molecule has 0 aliphatic rings. The van der Waals surface area contributed by atoms with Crippen LogP contribution in [-0.2, 0) is 6.54 Å². The van der Waals surface area contributed by atoms with Crippen LogP contribution in [0, 0.1) is 12.3 Å². The molecule has 1 unspecified atom stereocenters. The van der Waals surface area contributed by atoms with E-state index in [0.29, 0.717) is 24.1 Å². The maximum Gasteiger partial charge on any atom is 0.372 e. The molecular formula is C16H17NO3. The van der Waals surface area contributed by atoms with Gasteiger partial charge in [0.1, 0.15) is 5.58 Å². The van der Waals surface area contributed by atoms with Gasteiger partial charge < -0.3 is 14.8 Å². The summed E-state index contributed by atoms with van der Waals surface area (Å²) >= 11 is 0. The summed E-state index contributed by atoms with van der Waals surface area (Å²) in [6, 6.07) is 7.50. The number of rotatable bonds is 6. The van der Waals surface area contributed by atoms with E-state index in [2.05, 4.69) is 11.2 Å². The van der Waals surface area contributed by atoms with Gasteiger partial charge in [0.15, 0.2) is 0 Å². The molecule has 2 rings (SSSR count). The number of benzene rings is 1. The Morgan fingerprint density at radius 3 is 2.90 bits per heavy atom. The third kappa shape index (κ3) is 2.84. The molecule has 0 amide bonds. The fraction of sp³-hybridized carbons (Fsp3) is 0.312.